The van der Waals surface area contributed by atoms with E-state index in [9.17, 15) is 9.50 Å². The lowest BCUT2D eigenvalue weighted by atomic mass is 9.98. The summed E-state index contributed by atoms with van der Waals surface area (Å²) in [4.78, 5) is 2.27. The van der Waals surface area contributed by atoms with Gasteiger partial charge in [0.05, 0.1) is 5.60 Å². The number of nitrogens with two attached hydrogens (primary N) is 1. The van der Waals surface area contributed by atoms with Crippen LogP contribution in [0.15, 0.2) is 18.2 Å². The van der Waals surface area contributed by atoms with Crippen molar-refractivity contribution in [3.8, 4) is 0 Å². The van der Waals surface area contributed by atoms with E-state index in [1.54, 1.807) is 6.07 Å². The first-order valence-electron chi connectivity index (χ1n) is 6.92. The highest BCUT2D eigenvalue weighted by molar-refractivity contribution is 5.24. The van der Waals surface area contributed by atoms with Crippen LogP contribution in [0.4, 0.5) is 4.39 Å². The van der Waals surface area contributed by atoms with Crippen LogP contribution in [0.5, 0.6) is 0 Å². The van der Waals surface area contributed by atoms with Crippen LogP contribution >= 0.6 is 0 Å². The Morgan fingerprint density at radius 1 is 1.26 bits per heavy atom. The van der Waals surface area contributed by atoms with Crippen LogP contribution in [-0.2, 0) is 13.1 Å². The molecular weight excluding hydrogens is 243 g/mol. The van der Waals surface area contributed by atoms with Crippen molar-refractivity contribution in [2.45, 2.75) is 44.9 Å². The quantitative estimate of drug-likeness (QED) is 0.880. The first kappa shape index (κ1) is 14.4. The maximum absolute atomic E-state index is 13.5. The van der Waals surface area contributed by atoms with Gasteiger partial charge in [-0.15, -0.1) is 0 Å². The zero-order chi connectivity index (χ0) is 13.9. The van der Waals surface area contributed by atoms with E-state index in [-0.39, 0.29) is 5.82 Å². The first-order valence-corrected chi connectivity index (χ1v) is 6.92. The van der Waals surface area contributed by atoms with Crippen molar-refractivity contribution in [2.24, 2.45) is 5.73 Å². The Morgan fingerprint density at radius 2 is 2.00 bits per heavy atom. The SMILES string of the molecule is CC1(O)CCCN(Cc2cc(F)cc(CN)c2)CC1. The second-order valence-electron chi connectivity index (χ2n) is 5.80. The largest absolute Gasteiger partial charge is 0.390 e. The number of likely N-dealkylation sites (tertiary alicyclic amines) is 1. The summed E-state index contributed by atoms with van der Waals surface area (Å²) in [5, 5.41) is 10.1. The fourth-order valence-electron chi connectivity index (χ4n) is 2.66. The Kier molecular flexibility index (Phi) is 4.55. The zero-order valence-corrected chi connectivity index (χ0v) is 11.5. The van der Waals surface area contributed by atoms with E-state index in [4.69, 9.17) is 5.73 Å². The maximum atomic E-state index is 13.5. The number of hydrogen-bond acceptors (Lipinski definition) is 3. The summed E-state index contributed by atoms with van der Waals surface area (Å²) in [6, 6.07) is 5.02. The van der Waals surface area contributed by atoms with Crippen LogP contribution in [0.3, 0.4) is 0 Å². The van der Waals surface area contributed by atoms with E-state index in [1.165, 1.54) is 6.07 Å². The van der Waals surface area contributed by atoms with Gasteiger partial charge in [0, 0.05) is 19.6 Å². The molecule has 0 aliphatic carbocycles. The molecule has 3 N–H and O–H groups in total. The van der Waals surface area contributed by atoms with Crippen molar-refractivity contribution >= 4 is 0 Å². The second-order valence-corrected chi connectivity index (χ2v) is 5.80. The summed E-state index contributed by atoms with van der Waals surface area (Å²) < 4.78 is 13.5. The first-order chi connectivity index (χ1) is 8.98. The minimum atomic E-state index is -0.556. The van der Waals surface area contributed by atoms with E-state index in [0.717, 1.165) is 50.0 Å². The number of halogens is 1. The van der Waals surface area contributed by atoms with Crippen LogP contribution in [0.25, 0.3) is 0 Å². The number of benzene rings is 1. The van der Waals surface area contributed by atoms with Gasteiger partial charge in [0.15, 0.2) is 0 Å². The predicted octanol–water partition coefficient (Wildman–Crippen LogP) is 2.02. The summed E-state index contributed by atoms with van der Waals surface area (Å²) in [6.07, 6.45) is 2.58. The lowest BCUT2D eigenvalue weighted by Crippen LogP contribution is -2.28. The number of aliphatic hydroxyl groups is 1. The van der Waals surface area contributed by atoms with E-state index < -0.39 is 5.60 Å². The molecule has 1 saturated heterocycles. The molecule has 0 bridgehead atoms. The molecule has 1 unspecified atom stereocenters. The van der Waals surface area contributed by atoms with Gasteiger partial charge in [0.25, 0.3) is 0 Å². The third-order valence-electron chi connectivity index (χ3n) is 3.82. The average molecular weight is 266 g/mol. The summed E-state index contributed by atoms with van der Waals surface area (Å²) >= 11 is 0. The third kappa shape index (κ3) is 4.27. The summed E-state index contributed by atoms with van der Waals surface area (Å²) in [6.45, 7) is 4.78. The normalized spacial score (nSPS) is 25.3. The molecule has 106 valence electrons. The van der Waals surface area contributed by atoms with Crippen molar-refractivity contribution in [2.75, 3.05) is 13.1 Å². The Labute approximate surface area is 114 Å². The molecule has 4 heteroatoms. The van der Waals surface area contributed by atoms with Crippen LogP contribution in [0.1, 0.15) is 37.3 Å². The molecule has 19 heavy (non-hydrogen) atoms. The highest BCUT2D eigenvalue weighted by atomic mass is 19.1. The predicted molar refractivity (Wildman–Crippen MR) is 74.0 cm³/mol. The number of rotatable bonds is 3. The van der Waals surface area contributed by atoms with Gasteiger partial charge in [-0.1, -0.05) is 6.07 Å². The van der Waals surface area contributed by atoms with Crippen molar-refractivity contribution in [1.29, 1.82) is 0 Å². The molecule has 1 aromatic rings. The molecule has 1 fully saturated rings. The van der Waals surface area contributed by atoms with Gasteiger partial charge >= 0.3 is 0 Å². The topological polar surface area (TPSA) is 49.5 Å². The van der Waals surface area contributed by atoms with Gasteiger partial charge in [0.2, 0.25) is 0 Å². The molecule has 1 aliphatic rings. The Bertz CT molecular complexity index is 434. The van der Waals surface area contributed by atoms with E-state index in [1.807, 2.05) is 13.0 Å². The zero-order valence-electron chi connectivity index (χ0n) is 11.5. The van der Waals surface area contributed by atoms with E-state index in [0.29, 0.717) is 6.54 Å². The van der Waals surface area contributed by atoms with Crippen molar-refractivity contribution in [1.82, 2.24) is 4.90 Å². The highest BCUT2D eigenvalue weighted by Crippen LogP contribution is 2.22. The van der Waals surface area contributed by atoms with Gasteiger partial charge in [-0.3, -0.25) is 4.90 Å². The molecule has 1 atom stereocenters. The minimum absolute atomic E-state index is 0.222. The number of nitrogens with zero attached hydrogens (tertiary/aromatic N) is 1. The van der Waals surface area contributed by atoms with Crippen molar-refractivity contribution in [3.63, 3.8) is 0 Å². The van der Waals surface area contributed by atoms with Crippen molar-refractivity contribution in [3.05, 3.63) is 35.1 Å². The molecule has 0 amide bonds. The third-order valence-corrected chi connectivity index (χ3v) is 3.82. The van der Waals surface area contributed by atoms with Gasteiger partial charge < -0.3 is 10.8 Å². The lowest BCUT2D eigenvalue weighted by molar-refractivity contribution is 0.0444. The average Bonchev–Trinajstić information content (AvgIpc) is 2.50. The Morgan fingerprint density at radius 3 is 2.74 bits per heavy atom. The van der Waals surface area contributed by atoms with Gasteiger partial charge in [0.1, 0.15) is 5.82 Å². The van der Waals surface area contributed by atoms with E-state index in [2.05, 4.69) is 4.90 Å². The van der Waals surface area contributed by atoms with Crippen LogP contribution in [0, 0.1) is 5.82 Å². The molecule has 1 aromatic carbocycles. The maximum Gasteiger partial charge on any atom is 0.123 e. The fraction of sp³-hybridized carbons (Fsp3) is 0.600. The standard InChI is InChI=1S/C15H23FN2O/c1-15(19)3-2-5-18(6-4-15)11-13-7-12(10-17)8-14(16)9-13/h7-9,19H,2-6,10-11,17H2,1H3. The molecule has 0 radical (unpaired) electrons. The summed E-state index contributed by atoms with van der Waals surface area (Å²) in [7, 11) is 0. The van der Waals surface area contributed by atoms with E-state index >= 15 is 0 Å². The second kappa shape index (κ2) is 5.99. The fourth-order valence-corrected chi connectivity index (χ4v) is 2.66. The molecule has 2 rings (SSSR count). The highest BCUT2D eigenvalue weighted by Gasteiger charge is 2.24. The lowest BCUT2D eigenvalue weighted by Gasteiger charge is -2.22. The van der Waals surface area contributed by atoms with Gasteiger partial charge in [-0.25, -0.2) is 4.39 Å². The smallest absolute Gasteiger partial charge is 0.123 e. The van der Waals surface area contributed by atoms with Gasteiger partial charge in [-0.05, 0) is 56.0 Å². The number of hydrogen-bond donors (Lipinski definition) is 2. The minimum Gasteiger partial charge on any atom is -0.390 e. The van der Waals surface area contributed by atoms with Crippen LogP contribution < -0.4 is 5.73 Å². The molecule has 0 saturated carbocycles. The Hall–Kier alpha value is -0.970. The van der Waals surface area contributed by atoms with Crippen molar-refractivity contribution < 1.29 is 9.50 Å². The molecule has 1 aliphatic heterocycles. The summed E-state index contributed by atoms with van der Waals surface area (Å²) in [5.41, 5.74) is 6.80. The van der Waals surface area contributed by atoms with Crippen LogP contribution in [-0.4, -0.2) is 28.7 Å². The molecule has 1 heterocycles. The molecule has 0 spiro atoms. The van der Waals surface area contributed by atoms with Crippen LogP contribution in [0.2, 0.25) is 0 Å². The molecular formula is C15H23FN2O. The monoisotopic (exact) mass is 266 g/mol. The summed E-state index contributed by atoms with van der Waals surface area (Å²) in [5.74, 6) is -0.222. The van der Waals surface area contributed by atoms with Gasteiger partial charge in [-0.2, -0.15) is 0 Å². The molecule has 0 aromatic heterocycles. The Balaban J connectivity index is 2.02. The molecule has 3 nitrogen and oxygen atoms in total.